The first kappa shape index (κ1) is 16.7. The van der Waals surface area contributed by atoms with Crippen LogP contribution in [0.4, 0.5) is 5.82 Å². The van der Waals surface area contributed by atoms with E-state index in [2.05, 4.69) is 10.4 Å². The van der Waals surface area contributed by atoms with Crippen molar-refractivity contribution < 1.29 is 14.3 Å². The molecule has 0 atom stereocenters. The summed E-state index contributed by atoms with van der Waals surface area (Å²) >= 11 is 0. The predicted octanol–water partition coefficient (Wildman–Crippen LogP) is 2.48. The summed E-state index contributed by atoms with van der Waals surface area (Å²) in [5.74, 6) is -0.266. The standard InChI is InChI=1S/C17H21N3O3/c1-4-23-17(22)15-12(2)19-20(3)16(15)18-14(21)11-10-13-8-6-5-7-9-13/h5-9H,4,10-11H2,1-3H3,(H,18,21). The summed E-state index contributed by atoms with van der Waals surface area (Å²) in [5.41, 5.74) is 1.93. The fourth-order valence-corrected chi connectivity index (χ4v) is 2.35. The van der Waals surface area contributed by atoms with E-state index in [9.17, 15) is 9.59 Å². The molecule has 1 aromatic carbocycles. The highest BCUT2D eigenvalue weighted by Crippen LogP contribution is 2.20. The molecule has 2 aromatic rings. The summed E-state index contributed by atoms with van der Waals surface area (Å²) in [5, 5.41) is 6.96. The fourth-order valence-electron chi connectivity index (χ4n) is 2.35. The Morgan fingerprint density at radius 2 is 1.96 bits per heavy atom. The molecule has 0 bridgehead atoms. The van der Waals surface area contributed by atoms with E-state index in [1.165, 1.54) is 4.68 Å². The quantitative estimate of drug-likeness (QED) is 0.831. The highest BCUT2D eigenvalue weighted by molar-refractivity contribution is 6.01. The second-order valence-electron chi connectivity index (χ2n) is 5.19. The van der Waals surface area contributed by atoms with Crippen LogP contribution in [0.2, 0.25) is 0 Å². The third-order valence-corrected chi connectivity index (χ3v) is 3.44. The van der Waals surface area contributed by atoms with Gasteiger partial charge in [0.15, 0.2) is 0 Å². The first-order chi connectivity index (χ1) is 11.0. The maximum absolute atomic E-state index is 12.2. The molecule has 1 aromatic heterocycles. The van der Waals surface area contributed by atoms with E-state index in [1.54, 1.807) is 20.9 Å². The number of amides is 1. The van der Waals surface area contributed by atoms with Gasteiger partial charge in [0, 0.05) is 13.5 Å². The van der Waals surface area contributed by atoms with Gasteiger partial charge in [-0.2, -0.15) is 5.10 Å². The Labute approximate surface area is 135 Å². The van der Waals surface area contributed by atoms with Crippen molar-refractivity contribution in [2.24, 2.45) is 7.05 Å². The summed E-state index contributed by atoms with van der Waals surface area (Å²) in [6.45, 7) is 3.72. The van der Waals surface area contributed by atoms with E-state index in [4.69, 9.17) is 4.74 Å². The number of nitrogens with zero attached hydrogens (tertiary/aromatic N) is 2. The van der Waals surface area contributed by atoms with Crippen molar-refractivity contribution in [1.82, 2.24) is 9.78 Å². The molecule has 1 amide bonds. The molecule has 2 rings (SSSR count). The Hall–Kier alpha value is -2.63. The van der Waals surface area contributed by atoms with Crippen molar-refractivity contribution in [2.75, 3.05) is 11.9 Å². The van der Waals surface area contributed by atoms with Gasteiger partial charge in [-0.05, 0) is 25.8 Å². The average Bonchev–Trinajstić information content (AvgIpc) is 2.80. The lowest BCUT2D eigenvalue weighted by Gasteiger charge is -2.08. The molecular weight excluding hydrogens is 294 g/mol. The molecule has 0 fully saturated rings. The van der Waals surface area contributed by atoms with Crippen LogP contribution in [0, 0.1) is 6.92 Å². The topological polar surface area (TPSA) is 73.2 Å². The molecule has 0 saturated carbocycles. The minimum absolute atomic E-state index is 0.164. The Kier molecular flexibility index (Phi) is 5.51. The third-order valence-electron chi connectivity index (χ3n) is 3.44. The molecule has 1 N–H and O–H groups in total. The molecule has 23 heavy (non-hydrogen) atoms. The second-order valence-corrected chi connectivity index (χ2v) is 5.19. The van der Waals surface area contributed by atoms with Crippen LogP contribution < -0.4 is 5.32 Å². The Morgan fingerprint density at radius 3 is 2.61 bits per heavy atom. The number of aromatic nitrogens is 2. The molecule has 0 saturated heterocycles. The summed E-state index contributed by atoms with van der Waals surface area (Å²) in [6.07, 6.45) is 0.967. The first-order valence-corrected chi connectivity index (χ1v) is 7.57. The van der Waals surface area contributed by atoms with Gasteiger partial charge in [0.2, 0.25) is 5.91 Å². The zero-order chi connectivity index (χ0) is 16.8. The van der Waals surface area contributed by atoms with Crippen molar-refractivity contribution >= 4 is 17.7 Å². The van der Waals surface area contributed by atoms with Crippen molar-refractivity contribution in [3.05, 3.63) is 47.2 Å². The van der Waals surface area contributed by atoms with Crippen molar-refractivity contribution in [3.63, 3.8) is 0 Å². The van der Waals surface area contributed by atoms with Crippen molar-refractivity contribution in [1.29, 1.82) is 0 Å². The number of hydrogen-bond donors (Lipinski definition) is 1. The number of carbonyl (C=O) groups excluding carboxylic acids is 2. The summed E-state index contributed by atoms with van der Waals surface area (Å²) in [4.78, 5) is 24.2. The minimum atomic E-state index is -0.476. The number of nitrogens with one attached hydrogen (secondary N) is 1. The largest absolute Gasteiger partial charge is 0.462 e. The maximum Gasteiger partial charge on any atom is 0.343 e. The number of ether oxygens (including phenoxy) is 1. The molecule has 0 radical (unpaired) electrons. The van der Waals surface area contributed by atoms with E-state index in [1.807, 2.05) is 30.3 Å². The van der Waals surface area contributed by atoms with E-state index >= 15 is 0 Å². The van der Waals surface area contributed by atoms with Gasteiger partial charge in [-0.1, -0.05) is 30.3 Å². The Bertz CT molecular complexity index is 693. The van der Waals surface area contributed by atoms with E-state index < -0.39 is 5.97 Å². The fraction of sp³-hybridized carbons (Fsp3) is 0.353. The molecule has 0 unspecified atom stereocenters. The zero-order valence-corrected chi connectivity index (χ0v) is 13.6. The lowest BCUT2D eigenvalue weighted by molar-refractivity contribution is -0.116. The Morgan fingerprint density at radius 1 is 1.26 bits per heavy atom. The zero-order valence-electron chi connectivity index (χ0n) is 13.6. The number of rotatable bonds is 6. The SMILES string of the molecule is CCOC(=O)c1c(C)nn(C)c1NC(=O)CCc1ccccc1. The van der Waals surface area contributed by atoms with Crippen LogP contribution in [0.25, 0.3) is 0 Å². The van der Waals surface area contributed by atoms with E-state index in [0.717, 1.165) is 5.56 Å². The number of hydrogen-bond acceptors (Lipinski definition) is 4. The smallest absolute Gasteiger partial charge is 0.343 e. The number of carbonyl (C=O) groups is 2. The molecule has 0 aliphatic carbocycles. The summed E-state index contributed by atoms with van der Waals surface area (Å²) < 4.78 is 6.52. The summed E-state index contributed by atoms with van der Waals surface area (Å²) in [7, 11) is 1.68. The van der Waals surface area contributed by atoms with Crippen molar-refractivity contribution in [2.45, 2.75) is 26.7 Å². The second kappa shape index (κ2) is 7.58. The number of aryl methyl sites for hydroxylation is 3. The van der Waals surface area contributed by atoms with Gasteiger partial charge in [0.1, 0.15) is 11.4 Å². The maximum atomic E-state index is 12.2. The molecule has 0 spiro atoms. The molecule has 0 aliphatic heterocycles. The van der Waals surface area contributed by atoms with Gasteiger partial charge in [0.25, 0.3) is 0 Å². The van der Waals surface area contributed by atoms with Crippen LogP contribution >= 0.6 is 0 Å². The lowest BCUT2D eigenvalue weighted by Crippen LogP contribution is -2.18. The van der Waals surface area contributed by atoms with Gasteiger partial charge in [-0.3, -0.25) is 9.48 Å². The molecule has 1 heterocycles. The monoisotopic (exact) mass is 315 g/mol. The lowest BCUT2D eigenvalue weighted by atomic mass is 10.1. The predicted molar refractivity (Wildman–Crippen MR) is 87.3 cm³/mol. The number of benzene rings is 1. The highest BCUT2D eigenvalue weighted by Gasteiger charge is 2.22. The van der Waals surface area contributed by atoms with Gasteiger partial charge in [-0.25, -0.2) is 4.79 Å². The van der Waals surface area contributed by atoms with E-state index in [-0.39, 0.29) is 12.5 Å². The van der Waals surface area contributed by atoms with Crippen LogP contribution in [0.1, 0.15) is 35.0 Å². The molecule has 0 aliphatic rings. The number of anilines is 1. The van der Waals surface area contributed by atoms with Gasteiger partial charge >= 0.3 is 5.97 Å². The van der Waals surface area contributed by atoms with E-state index in [0.29, 0.717) is 29.9 Å². The van der Waals surface area contributed by atoms with Gasteiger partial charge in [-0.15, -0.1) is 0 Å². The number of esters is 1. The molecular formula is C17H21N3O3. The molecule has 122 valence electrons. The molecule has 6 nitrogen and oxygen atoms in total. The van der Waals surface area contributed by atoms with Gasteiger partial charge < -0.3 is 10.1 Å². The third kappa shape index (κ3) is 4.18. The van der Waals surface area contributed by atoms with Crippen LogP contribution in [0.15, 0.2) is 30.3 Å². The van der Waals surface area contributed by atoms with Crippen LogP contribution in [-0.4, -0.2) is 28.3 Å². The van der Waals surface area contributed by atoms with Gasteiger partial charge in [0.05, 0.1) is 12.3 Å². The highest BCUT2D eigenvalue weighted by atomic mass is 16.5. The normalized spacial score (nSPS) is 10.4. The van der Waals surface area contributed by atoms with Crippen LogP contribution in [-0.2, 0) is 23.0 Å². The Balaban J connectivity index is 2.07. The van der Waals surface area contributed by atoms with Crippen LogP contribution in [0.3, 0.4) is 0 Å². The average molecular weight is 315 g/mol. The first-order valence-electron chi connectivity index (χ1n) is 7.57. The van der Waals surface area contributed by atoms with Crippen LogP contribution in [0.5, 0.6) is 0 Å². The summed E-state index contributed by atoms with van der Waals surface area (Å²) in [6, 6.07) is 9.78. The molecule has 6 heteroatoms. The van der Waals surface area contributed by atoms with Crippen molar-refractivity contribution in [3.8, 4) is 0 Å². The minimum Gasteiger partial charge on any atom is -0.462 e.